The topological polar surface area (TPSA) is 88.0 Å². The van der Waals surface area contributed by atoms with Gasteiger partial charge in [0.15, 0.2) is 0 Å². The van der Waals surface area contributed by atoms with Gasteiger partial charge in [-0.2, -0.15) is 0 Å². The molecule has 2 aromatic heterocycles. The lowest BCUT2D eigenvalue weighted by Crippen LogP contribution is -2.48. The lowest BCUT2D eigenvalue weighted by Gasteiger charge is -2.38. The Morgan fingerprint density at radius 2 is 2.04 bits per heavy atom. The number of aliphatic hydroxyl groups is 1. The molecule has 1 amide bonds. The van der Waals surface area contributed by atoms with E-state index in [0.29, 0.717) is 11.5 Å². The minimum absolute atomic E-state index is 0.0245. The SMILES string of the molecule is Cc1nccc(C(=O)N[C@H](Cc2ccncc2)C2CC(O)C2)n1. The highest BCUT2D eigenvalue weighted by Gasteiger charge is 2.35. The van der Waals surface area contributed by atoms with Crippen molar-refractivity contribution in [3.05, 3.63) is 53.9 Å². The normalized spacial score (nSPS) is 21.3. The van der Waals surface area contributed by atoms with Gasteiger partial charge in [0.05, 0.1) is 6.10 Å². The van der Waals surface area contributed by atoms with E-state index in [1.54, 1.807) is 31.6 Å². The fourth-order valence-electron chi connectivity index (χ4n) is 2.89. The first-order valence-electron chi connectivity index (χ1n) is 7.79. The van der Waals surface area contributed by atoms with Crippen LogP contribution in [0.5, 0.6) is 0 Å². The molecular weight excluding hydrogens is 292 g/mol. The number of carbonyl (C=O) groups excluding carboxylic acids is 1. The van der Waals surface area contributed by atoms with E-state index in [1.807, 2.05) is 12.1 Å². The van der Waals surface area contributed by atoms with Gasteiger partial charge in [-0.3, -0.25) is 9.78 Å². The number of aliphatic hydroxyl groups excluding tert-OH is 1. The van der Waals surface area contributed by atoms with Crippen molar-refractivity contribution in [1.82, 2.24) is 20.3 Å². The lowest BCUT2D eigenvalue weighted by molar-refractivity contribution is 0.0238. The molecule has 2 N–H and O–H groups in total. The van der Waals surface area contributed by atoms with Gasteiger partial charge in [0.2, 0.25) is 0 Å². The van der Waals surface area contributed by atoms with Gasteiger partial charge in [-0.25, -0.2) is 9.97 Å². The van der Waals surface area contributed by atoms with Crippen molar-refractivity contribution in [2.24, 2.45) is 5.92 Å². The summed E-state index contributed by atoms with van der Waals surface area (Å²) in [6, 6.07) is 5.48. The van der Waals surface area contributed by atoms with Crippen molar-refractivity contribution in [3.63, 3.8) is 0 Å². The number of amides is 1. The second kappa shape index (κ2) is 6.83. The number of carbonyl (C=O) groups is 1. The average molecular weight is 312 g/mol. The highest BCUT2D eigenvalue weighted by molar-refractivity contribution is 5.92. The molecule has 3 rings (SSSR count). The van der Waals surface area contributed by atoms with Gasteiger partial charge in [0, 0.05) is 24.6 Å². The number of aryl methyl sites for hydroxylation is 1. The number of hydrogen-bond acceptors (Lipinski definition) is 5. The van der Waals surface area contributed by atoms with Crippen LogP contribution in [0, 0.1) is 12.8 Å². The van der Waals surface area contributed by atoms with Gasteiger partial charge in [0.1, 0.15) is 11.5 Å². The smallest absolute Gasteiger partial charge is 0.270 e. The molecule has 2 aromatic rings. The summed E-state index contributed by atoms with van der Waals surface area (Å²) in [5.41, 5.74) is 1.49. The summed E-state index contributed by atoms with van der Waals surface area (Å²) in [4.78, 5) is 24.6. The van der Waals surface area contributed by atoms with Gasteiger partial charge >= 0.3 is 0 Å². The molecule has 0 saturated heterocycles. The highest BCUT2D eigenvalue weighted by atomic mass is 16.3. The van der Waals surface area contributed by atoms with E-state index in [0.717, 1.165) is 24.8 Å². The van der Waals surface area contributed by atoms with Crippen molar-refractivity contribution < 1.29 is 9.90 Å². The molecule has 0 unspecified atom stereocenters. The average Bonchev–Trinajstić information content (AvgIpc) is 2.52. The Balaban J connectivity index is 1.72. The predicted octanol–water partition coefficient (Wildman–Crippen LogP) is 1.29. The minimum Gasteiger partial charge on any atom is -0.393 e. The molecule has 2 heterocycles. The Labute approximate surface area is 135 Å². The Bertz CT molecular complexity index is 671. The zero-order valence-electron chi connectivity index (χ0n) is 13.0. The fourth-order valence-corrected chi connectivity index (χ4v) is 2.89. The third-order valence-electron chi connectivity index (χ3n) is 4.25. The molecule has 6 heteroatoms. The van der Waals surface area contributed by atoms with Crippen LogP contribution in [0.25, 0.3) is 0 Å². The summed E-state index contributed by atoms with van der Waals surface area (Å²) in [6.07, 6.45) is 6.99. The summed E-state index contributed by atoms with van der Waals surface area (Å²) in [6.45, 7) is 1.76. The van der Waals surface area contributed by atoms with Crippen LogP contribution in [0.2, 0.25) is 0 Å². The van der Waals surface area contributed by atoms with Crippen LogP contribution < -0.4 is 5.32 Å². The van der Waals surface area contributed by atoms with Crippen molar-refractivity contribution >= 4 is 5.91 Å². The molecule has 1 atom stereocenters. The van der Waals surface area contributed by atoms with E-state index in [1.165, 1.54) is 0 Å². The zero-order chi connectivity index (χ0) is 16.2. The lowest BCUT2D eigenvalue weighted by atomic mass is 9.75. The van der Waals surface area contributed by atoms with Crippen LogP contribution >= 0.6 is 0 Å². The Hall–Kier alpha value is -2.34. The van der Waals surface area contributed by atoms with Crippen molar-refractivity contribution in [3.8, 4) is 0 Å². The van der Waals surface area contributed by atoms with E-state index in [-0.39, 0.29) is 24.0 Å². The molecule has 0 aromatic carbocycles. The van der Waals surface area contributed by atoms with Crippen LogP contribution in [-0.2, 0) is 6.42 Å². The molecule has 120 valence electrons. The number of aromatic nitrogens is 3. The third-order valence-corrected chi connectivity index (χ3v) is 4.25. The number of rotatable bonds is 5. The van der Waals surface area contributed by atoms with Crippen molar-refractivity contribution in [2.75, 3.05) is 0 Å². The summed E-state index contributed by atoms with van der Waals surface area (Å²) in [5, 5.41) is 12.6. The first-order chi connectivity index (χ1) is 11.1. The molecule has 0 bridgehead atoms. The van der Waals surface area contributed by atoms with E-state index >= 15 is 0 Å². The van der Waals surface area contributed by atoms with Gasteiger partial charge in [-0.1, -0.05) is 0 Å². The largest absolute Gasteiger partial charge is 0.393 e. The maximum absolute atomic E-state index is 12.4. The van der Waals surface area contributed by atoms with E-state index in [9.17, 15) is 9.90 Å². The molecule has 0 radical (unpaired) electrons. The fraction of sp³-hybridized carbons (Fsp3) is 0.412. The first-order valence-corrected chi connectivity index (χ1v) is 7.79. The predicted molar refractivity (Wildman–Crippen MR) is 84.7 cm³/mol. The van der Waals surface area contributed by atoms with Crippen LogP contribution in [0.3, 0.4) is 0 Å². The van der Waals surface area contributed by atoms with E-state index in [2.05, 4.69) is 20.3 Å². The summed E-state index contributed by atoms with van der Waals surface area (Å²) >= 11 is 0. The maximum atomic E-state index is 12.4. The number of nitrogens with zero attached hydrogens (tertiary/aromatic N) is 3. The van der Waals surface area contributed by atoms with E-state index < -0.39 is 0 Å². The molecule has 0 spiro atoms. The highest BCUT2D eigenvalue weighted by Crippen LogP contribution is 2.31. The molecular formula is C17H20N4O2. The third kappa shape index (κ3) is 3.90. The summed E-state index contributed by atoms with van der Waals surface area (Å²) < 4.78 is 0. The van der Waals surface area contributed by atoms with Crippen LogP contribution in [0.15, 0.2) is 36.8 Å². The number of nitrogens with one attached hydrogen (secondary N) is 1. The number of hydrogen-bond donors (Lipinski definition) is 2. The standard InChI is InChI=1S/C17H20N4O2/c1-11-19-7-4-15(20-11)17(23)21-16(13-9-14(22)10-13)8-12-2-5-18-6-3-12/h2-7,13-14,16,22H,8-10H2,1H3,(H,21,23)/t13?,14?,16-/m1/s1. The van der Waals surface area contributed by atoms with Gasteiger partial charge in [-0.15, -0.1) is 0 Å². The second-order valence-corrected chi connectivity index (χ2v) is 6.01. The van der Waals surface area contributed by atoms with Crippen LogP contribution in [0.4, 0.5) is 0 Å². The first kappa shape index (κ1) is 15.6. The van der Waals surface area contributed by atoms with Crippen molar-refractivity contribution in [2.45, 2.75) is 38.3 Å². The van der Waals surface area contributed by atoms with Crippen molar-refractivity contribution in [1.29, 1.82) is 0 Å². The molecule has 6 nitrogen and oxygen atoms in total. The van der Waals surface area contributed by atoms with E-state index in [4.69, 9.17) is 0 Å². The minimum atomic E-state index is -0.252. The molecule has 0 aliphatic heterocycles. The van der Waals surface area contributed by atoms with Gasteiger partial charge in [0.25, 0.3) is 5.91 Å². The molecule has 1 saturated carbocycles. The molecule has 1 aliphatic carbocycles. The maximum Gasteiger partial charge on any atom is 0.270 e. The Morgan fingerprint density at radius 3 is 2.70 bits per heavy atom. The number of pyridine rings is 1. The summed E-state index contributed by atoms with van der Waals surface area (Å²) in [5.74, 6) is 0.656. The van der Waals surface area contributed by atoms with Gasteiger partial charge < -0.3 is 10.4 Å². The summed E-state index contributed by atoms with van der Waals surface area (Å²) in [7, 11) is 0. The quantitative estimate of drug-likeness (QED) is 0.868. The van der Waals surface area contributed by atoms with Crippen LogP contribution in [0.1, 0.15) is 34.7 Å². The zero-order valence-corrected chi connectivity index (χ0v) is 13.0. The monoisotopic (exact) mass is 312 g/mol. The molecule has 1 aliphatic rings. The van der Waals surface area contributed by atoms with Crippen LogP contribution in [-0.4, -0.2) is 38.1 Å². The molecule has 23 heavy (non-hydrogen) atoms. The van der Waals surface area contributed by atoms with Gasteiger partial charge in [-0.05, 0) is 55.9 Å². The Kier molecular flexibility index (Phi) is 4.62. The Morgan fingerprint density at radius 1 is 1.30 bits per heavy atom. The second-order valence-electron chi connectivity index (χ2n) is 6.01. The molecule has 1 fully saturated rings.